The van der Waals surface area contributed by atoms with Gasteiger partial charge in [0.2, 0.25) is 0 Å². The minimum Gasteiger partial charge on any atom is -0.343 e. The van der Waals surface area contributed by atoms with E-state index < -0.39 is 0 Å². The van der Waals surface area contributed by atoms with Crippen molar-refractivity contribution in [3.8, 4) is 0 Å². The summed E-state index contributed by atoms with van der Waals surface area (Å²) in [6.45, 7) is 7.28. The number of nitrogens with zero attached hydrogens (tertiary/aromatic N) is 1. The Bertz CT molecular complexity index is 809. The van der Waals surface area contributed by atoms with Crippen molar-refractivity contribution in [2.24, 2.45) is 5.92 Å². The zero-order chi connectivity index (χ0) is 16.9. The molecular formula is C21H26Cl2N2. The fraction of sp³-hybridized carbons (Fsp3) is 0.333. The summed E-state index contributed by atoms with van der Waals surface area (Å²) >= 11 is 6.34. The quantitative estimate of drug-likeness (QED) is 0.507. The fourth-order valence-corrected chi connectivity index (χ4v) is 3.21. The highest BCUT2D eigenvalue weighted by atomic mass is 35.5. The van der Waals surface area contributed by atoms with Gasteiger partial charge in [0, 0.05) is 35.2 Å². The Balaban J connectivity index is 0.00000225. The summed E-state index contributed by atoms with van der Waals surface area (Å²) in [5.74, 6) is 0.735. The Morgan fingerprint density at radius 1 is 1.00 bits per heavy atom. The molecule has 25 heavy (non-hydrogen) atoms. The van der Waals surface area contributed by atoms with Crippen molar-refractivity contribution >= 4 is 34.9 Å². The SMILES string of the molecule is CC(C)CCNCc1cn(Cc2ccccc2Cl)c2ccccc12.Cl. The van der Waals surface area contributed by atoms with Crippen LogP contribution in [0, 0.1) is 5.92 Å². The first-order valence-corrected chi connectivity index (χ1v) is 9.04. The van der Waals surface area contributed by atoms with Gasteiger partial charge in [-0.3, -0.25) is 0 Å². The molecule has 0 aliphatic carbocycles. The van der Waals surface area contributed by atoms with E-state index in [-0.39, 0.29) is 12.4 Å². The van der Waals surface area contributed by atoms with Crippen LogP contribution in [-0.4, -0.2) is 11.1 Å². The van der Waals surface area contributed by atoms with Crippen LogP contribution in [0.25, 0.3) is 10.9 Å². The number of benzene rings is 2. The van der Waals surface area contributed by atoms with Crippen molar-refractivity contribution in [3.63, 3.8) is 0 Å². The fourth-order valence-electron chi connectivity index (χ4n) is 3.02. The molecule has 0 aliphatic heterocycles. The zero-order valence-electron chi connectivity index (χ0n) is 14.8. The molecule has 3 rings (SSSR count). The van der Waals surface area contributed by atoms with E-state index in [1.807, 2.05) is 18.2 Å². The average Bonchev–Trinajstić information content (AvgIpc) is 2.92. The molecule has 0 unspecified atom stereocenters. The molecule has 2 aromatic carbocycles. The lowest BCUT2D eigenvalue weighted by Crippen LogP contribution is -2.16. The molecule has 134 valence electrons. The van der Waals surface area contributed by atoms with Crippen molar-refractivity contribution < 1.29 is 0 Å². The number of hydrogen-bond donors (Lipinski definition) is 1. The van der Waals surface area contributed by atoms with E-state index in [0.29, 0.717) is 0 Å². The molecule has 2 nitrogen and oxygen atoms in total. The number of aromatic nitrogens is 1. The van der Waals surface area contributed by atoms with Crippen LogP contribution in [0.15, 0.2) is 54.7 Å². The van der Waals surface area contributed by atoms with Crippen molar-refractivity contribution in [3.05, 3.63) is 70.9 Å². The lowest BCUT2D eigenvalue weighted by molar-refractivity contribution is 0.538. The molecule has 0 aliphatic rings. The molecule has 1 aromatic heterocycles. The number of fused-ring (bicyclic) bond motifs is 1. The van der Waals surface area contributed by atoms with Crippen LogP contribution < -0.4 is 5.32 Å². The highest BCUT2D eigenvalue weighted by Crippen LogP contribution is 2.24. The van der Waals surface area contributed by atoms with Gasteiger partial charge in [0.15, 0.2) is 0 Å². The van der Waals surface area contributed by atoms with Gasteiger partial charge in [0.1, 0.15) is 0 Å². The summed E-state index contributed by atoms with van der Waals surface area (Å²) in [4.78, 5) is 0. The Morgan fingerprint density at radius 3 is 2.48 bits per heavy atom. The normalized spacial score (nSPS) is 11.0. The second-order valence-electron chi connectivity index (χ2n) is 6.75. The molecule has 1 N–H and O–H groups in total. The third kappa shape index (κ3) is 5.01. The second kappa shape index (κ2) is 9.28. The van der Waals surface area contributed by atoms with E-state index in [1.54, 1.807) is 0 Å². The maximum Gasteiger partial charge on any atom is 0.0491 e. The number of hydrogen-bond acceptors (Lipinski definition) is 1. The topological polar surface area (TPSA) is 17.0 Å². The number of para-hydroxylation sites is 1. The predicted molar refractivity (Wildman–Crippen MR) is 111 cm³/mol. The molecule has 0 radical (unpaired) electrons. The molecule has 1 heterocycles. The van der Waals surface area contributed by atoms with E-state index in [1.165, 1.54) is 22.9 Å². The first kappa shape index (κ1) is 19.8. The van der Waals surface area contributed by atoms with E-state index >= 15 is 0 Å². The van der Waals surface area contributed by atoms with E-state index in [0.717, 1.165) is 36.1 Å². The first-order chi connectivity index (χ1) is 11.6. The van der Waals surface area contributed by atoms with Gasteiger partial charge in [-0.2, -0.15) is 0 Å². The predicted octanol–water partition coefficient (Wildman–Crippen LogP) is 5.90. The molecule has 0 atom stereocenters. The monoisotopic (exact) mass is 376 g/mol. The second-order valence-corrected chi connectivity index (χ2v) is 7.16. The molecule has 0 spiro atoms. The summed E-state index contributed by atoms with van der Waals surface area (Å²) in [5, 5.41) is 5.72. The van der Waals surface area contributed by atoms with Gasteiger partial charge in [-0.15, -0.1) is 12.4 Å². The molecule has 4 heteroatoms. The van der Waals surface area contributed by atoms with Gasteiger partial charge in [-0.25, -0.2) is 0 Å². The van der Waals surface area contributed by atoms with Crippen LogP contribution in [0.3, 0.4) is 0 Å². The van der Waals surface area contributed by atoms with Crippen LogP contribution >= 0.6 is 24.0 Å². The Hall–Kier alpha value is -1.48. The van der Waals surface area contributed by atoms with E-state index in [9.17, 15) is 0 Å². The minimum atomic E-state index is 0. The molecule has 3 aromatic rings. The van der Waals surface area contributed by atoms with Gasteiger partial charge in [-0.1, -0.05) is 61.8 Å². The summed E-state index contributed by atoms with van der Waals surface area (Å²) in [5.41, 5.74) is 3.76. The lowest BCUT2D eigenvalue weighted by atomic mass is 10.1. The summed E-state index contributed by atoms with van der Waals surface area (Å²) in [6, 6.07) is 16.7. The van der Waals surface area contributed by atoms with Gasteiger partial charge in [-0.05, 0) is 42.1 Å². The number of halogens is 2. The van der Waals surface area contributed by atoms with E-state index in [4.69, 9.17) is 11.6 Å². The Morgan fingerprint density at radius 2 is 1.72 bits per heavy atom. The minimum absolute atomic E-state index is 0. The van der Waals surface area contributed by atoms with Crippen LogP contribution in [0.5, 0.6) is 0 Å². The largest absolute Gasteiger partial charge is 0.343 e. The van der Waals surface area contributed by atoms with Gasteiger partial charge >= 0.3 is 0 Å². The molecule has 0 fully saturated rings. The smallest absolute Gasteiger partial charge is 0.0491 e. The van der Waals surface area contributed by atoms with Gasteiger partial charge < -0.3 is 9.88 Å². The van der Waals surface area contributed by atoms with Crippen LogP contribution in [0.2, 0.25) is 5.02 Å². The average molecular weight is 377 g/mol. The lowest BCUT2D eigenvalue weighted by Gasteiger charge is -2.07. The summed E-state index contributed by atoms with van der Waals surface area (Å²) in [7, 11) is 0. The molecule has 0 saturated carbocycles. The molecule has 0 bridgehead atoms. The third-order valence-corrected chi connectivity index (χ3v) is 4.75. The zero-order valence-corrected chi connectivity index (χ0v) is 16.4. The third-order valence-electron chi connectivity index (χ3n) is 4.38. The maximum absolute atomic E-state index is 6.34. The standard InChI is InChI=1S/C21H25ClN2.ClH/c1-16(2)11-12-23-13-18-15-24(21-10-6-4-8-19(18)21)14-17-7-3-5-9-20(17)22;/h3-10,15-16,23H,11-14H2,1-2H3;1H. The number of nitrogens with one attached hydrogen (secondary N) is 1. The van der Waals surface area contributed by atoms with Crippen molar-refractivity contribution in [1.29, 1.82) is 0 Å². The molecular weight excluding hydrogens is 351 g/mol. The van der Waals surface area contributed by atoms with Crippen LogP contribution in [0.4, 0.5) is 0 Å². The van der Waals surface area contributed by atoms with Crippen LogP contribution in [0.1, 0.15) is 31.4 Å². The highest BCUT2D eigenvalue weighted by Gasteiger charge is 2.09. The van der Waals surface area contributed by atoms with Crippen molar-refractivity contribution in [1.82, 2.24) is 9.88 Å². The van der Waals surface area contributed by atoms with Crippen LogP contribution in [-0.2, 0) is 13.1 Å². The first-order valence-electron chi connectivity index (χ1n) is 8.66. The maximum atomic E-state index is 6.34. The molecule has 0 amide bonds. The highest BCUT2D eigenvalue weighted by molar-refractivity contribution is 6.31. The van der Waals surface area contributed by atoms with Gasteiger partial charge in [0.05, 0.1) is 0 Å². The van der Waals surface area contributed by atoms with Crippen molar-refractivity contribution in [2.45, 2.75) is 33.4 Å². The summed E-state index contributed by atoms with van der Waals surface area (Å²) < 4.78 is 2.30. The Labute approximate surface area is 161 Å². The van der Waals surface area contributed by atoms with E-state index in [2.05, 4.69) is 60.3 Å². The number of rotatable bonds is 7. The van der Waals surface area contributed by atoms with Crippen molar-refractivity contribution in [2.75, 3.05) is 6.54 Å². The molecule has 0 saturated heterocycles. The Kier molecular flexibility index (Phi) is 7.37. The summed E-state index contributed by atoms with van der Waals surface area (Å²) in [6.07, 6.45) is 3.47. The van der Waals surface area contributed by atoms with Gasteiger partial charge in [0.25, 0.3) is 0 Å².